The average molecular weight is 675 g/mol. The summed E-state index contributed by atoms with van der Waals surface area (Å²) in [6.45, 7) is 16.1. The van der Waals surface area contributed by atoms with Crippen LogP contribution >= 0.6 is 0 Å². The number of benzene rings is 1. The molecular formula is C36H54O10Si. The molecule has 1 heterocycles. The van der Waals surface area contributed by atoms with Crippen molar-refractivity contribution in [2.45, 2.75) is 141 Å². The van der Waals surface area contributed by atoms with Crippen LogP contribution in [0.25, 0.3) is 0 Å². The van der Waals surface area contributed by atoms with Gasteiger partial charge in [0, 0.05) is 31.6 Å². The Balaban J connectivity index is 1.73. The van der Waals surface area contributed by atoms with Gasteiger partial charge in [0.05, 0.1) is 29.8 Å². The Hall–Kier alpha value is -2.41. The molecule has 0 bridgehead atoms. The summed E-state index contributed by atoms with van der Waals surface area (Å²) in [4.78, 5) is 40.1. The van der Waals surface area contributed by atoms with Crippen LogP contribution < -0.4 is 0 Å². The second-order valence-corrected chi connectivity index (χ2v) is 19.4. The second-order valence-electron chi connectivity index (χ2n) is 14.7. The lowest BCUT2D eigenvalue weighted by Crippen LogP contribution is -2.71. The Morgan fingerprint density at radius 3 is 2.17 bits per heavy atom. The van der Waals surface area contributed by atoms with Gasteiger partial charge in [-0.25, -0.2) is 4.79 Å². The first-order chi connectivity index (χ1) is 21.9. The topological polar surface area (TPSA) is 149 Å². The highest BCUT2D eigenvalue weighted by molar-refractivity contribution is 6.73. The summed E-state index contributed by atoms with van der Waals surface area (Å²) in [6, 6.07) is 10.9. The summed E-state index contributed by atoms with van der Waals surface area (Å²) >= 11 is 0. The standard InChI is InChI=1S/C36H54O10Si/c1-10-47(11-2,12-3)46-27-18-28-35(21-43-28,45-24(6)37)20-34(27,9)31(40)30(39)29-22(4)26(38)19-36(42,33(29,7)8)23(5)44-32(41)25-16-14-13-15-17-25/h13-17,23,26-28,30,38-39,42H,10-12,18-21H2,1-9H3. The van der Waals surface area contributed by atoms with Crippen LogP contribution in [0.2, 0.25) is 18.1 Å². The fourth-order valence-corrected chi connectivity index (χ4v) is 11.3. The number of carbonyl (C=O) groups is 3. The molecule has 3 aliphatic rings. The van der Waals surface area contributed by atoms with E-state index in [1.165, 1.54) is 6.92 Å². The van der Waals surface area contributed by atoms with Crippen molar-refractivity contribution >= 4 is 26.0 Å². The molecule has 4 rings (SSSR count). The molecule has 1 aromatic rings. The van der Waals surface area contributed by atoms with Gasteiger partial charge >= 0.3 is 11.9 Å². The van der Waals surface area contributed by atoms with Gasteiger partial charge < -0.3 is 34.0 Å². The number of ketones is 1. The SMILES string of the molecule is CC[Si](CC)(CC)OC1CC2OCC2(OC(C)=O)CC1(C)C(=O)C(O)C1=C(C)C(O)CC(O)(C(C)OC(=O)c2ccccc2)C1(C)C. The third kappa shape index (κ3) is 6.39. The number of aliphatic hydroxyl groups excluding tert-OH is 2. The first-order valence-electron chi connectivity index (χ1n) is 17.0. The van der Waals surface area contributed by atoms with Crippen LogP contribution in [0.3, 0.4) is 0 Å². The molecule has 1 aromatic carbocycles. The lowest BCUT2D eigenvalue weighted by Gasteiger charge is -2.59. The smallest absolute Gasteiger partial charge is 0.338 e. The lowest BCUT2D eigenvalue weighted by atomic mass is 9.55. The Labute approximate surface area is 279 Å². The molecule has 0 amide bonds. The molecule has 3 N–H and O–H groups in total. The summed E-state index contributed by atoms with van der Waals surface area (Å²) in [5.74, 6) is -1.66. The van der Waals surface area contributed by atoms with Gasteiger partial charge in [0.2, 0.25) is 0 Å². The van der Waals surface area contributed by atoms with E-state index in [-0.39, 0.29) is 25.0 Å². The van der Waals surface area contributed by atoms with Crippen molar-refractivity contribution in [1.82, 2.24) is 0 Å². The average Bonchev–Trinajstić information content (AvgIpc) is 3.02. The third-order valence-electron chi connectivity index (χ3n) is 11.8. The van der Waals surface area contributed by atoms with Crippen molar-refractivity contribution < 1.29 is 48.3 Å². The van der Waals surface area contributed by atoms with Crippen LogP contribution in [0, 0.1) is 10.8 Å². The second kappa shape index (κ2) is 13.5. The van der Waals surface area contributed by atoms with Crippen LogP contribution in [0.1, 0.15) is 91.9 Å². The Bertz CT molecular complexity index is 1360. The molecule has 8 unspecified atom stereocenters. The molecule has 11 heteroatoms. The van der Waals surface area contributed by atoms with Gasteiger partial charge in [-0.1, -0.05) is 52.8 Å². The molecule has 8 atom stereocenters. The molecule has 1 saturated heterocycles. The van der Waals surface area contributed by atoms with E-state index < -0.39 is 78.6 Å². The van der Waals surface area contributed by atoms with Crippen LogP contribution in [0.5, 0.6) is 0 Å². The van der Waals surface area contributed by atoms with Gasteiger partial charge in [0.1, 0.15) is 23.9 Å². The van der Waals surface area contributed by atoms with E-state index >= 15 is 0 Å². The first-order valence-corrected chi connectivity index (χ1v) is 19.5. The van der Waals surface area contributed by atoms with Crippen molar-refractivity contribution in [2.24, 2.45) is 10.8 Å². The van der Waals surface area contributed by atoms with E-state index in [4.69, 9.17) is 18.6 Å². The van der Waals surface area contributed by atoms with E-state index in [9.17, 15) is 29.7 Å². The highest BCUT2D eigenvalue weighted by atomic mass is 28.4. The Morgan fingerprint density at radius 1 is 1.06 bits per heavy atom. The molecule has 10 nitrogen and oxygen atoms in total. The fourth-order valence-electron chi connectivity index (χ4n) is 8.35. The van der Waals surface area contributed by atoms with Crippen LogP contribution in [0.15, 0.2) is 41.5 Å². The summed E-state index contributed by atoms with van der Waals surface area (Å²) in [5.41, 5.74) is -4.66. The monoisotopic (exact) mass is 674 g/mol. The van der Waals surface area contributed by atoms with E-state index in [0.717, 1.165) is 18.1 Å². The molecule has 2 aliphatic carbocycles. The van der Waals surface area contributed by atoms with Crippen LogP contribution in [-0.2, 0) is 28.2 Å². The summed E-state index contributed by atoms with van der Waals surface area (Å²) in [7, 11) is -2.27. The third-order valence-corrected chi connectivity index (χ3v) is 16.5. The Kier molecular flexibility index (Phi) is 10.7. The summed E-state index contributed by atoms with van der Waals surface area (Å²) in [5, 5.41) is 35.7. The van der Waals surface area contributed by atoms with E-state index in [1.807, 2.05) is 0 Å². The van der Waals surface area contributed by atoms with Crippen LogP contribution in [-0.4, -0.2) is 89.7 Å². The van der Waals surface area contributed by atoms with Crippen molar-refractivity contribution in [1.29, 1.82) is 0 Å². The highest BCUT2D eigenvalue weighted by Gasteiger charge is 2.66. The number of carbonyl (C=O) groups excluding carboxylic acids is 3. The number of rotatable bonds is 12. The van der Waals surface area contributed by atoms with Crippen LogP contribution in [0.4, 0.5) is 0 Å². The van der Waals surface area contributed by atoms with E-state index in [2.05, 4.69) is 20.8 Å². The van der Waals surface area contributed by atoms with Gasteiger partial charge in [-0.05, 0) is 62.2 Å². The van der Waals surface area contributed by atoms with Gasteiger partial charge in [-0.3, -0.25) is 9.59 Å². The molecular weight excluding hydrogens is 620 g/mol. The predicted molar refractivity (Wildman–Crippen MR) is 178 cm³/mol. The number of esters is 2. The number of fused-ring (bicyclic) bond motifs is 1. The fraction of sp³-hybridized carbons (Fsp3) is 0.694. The predicted octanol–water partition coefficient (Wildman–Crippen LogP) is 4.89. The minimum atomic E-state index is -2.27. The zero-order chi connectivity index (χ0) is 35.2. The number of Topliss-reactive ketones (excluding diaryl/α,β-unsaturated/α-hetero) is 1. The normalized spacial score (nSPS) is 33.2. The lowest BCUT2D eigenvalue weighted by molar-refractivity contribution is -0.290. The number of ether oxygens (including phenoxy) is 3. The number of hydrogen-bond donors (Lipinski definition) is 3. The quantitative estimate of drug-likeness (QED) is 0.159. The molecule has 0 radical (unpaired) electrons. The maximum Gasteiger partial charge on any atom is 0.338 e. The van der Waals surface area contributed by atoms with Gasteiger partial charge in [-0.15, -0.1) is 0 Å². The maximum atomic E-state index is 14.9. The molecule has 1 aliphatic heterocycles. The van der Waals surface area contributed by atoms with Gasteiger partial charge in [0.15, 0.2) is 19.7 Å². The first kappa shape index (κ1) is 37.4. The zero-order valence-electron chi connectivity index (χ0n) is 29.4. The minimum absolute atomic E-state index is 0.0943. The van der Waals surface area contributed by atoms with E-state index in [1.54, 1.807) is 65.0 Å². The Morgan fingerprint density at radius 2 is 1.66 bits per heavy atom. The zero-order valence-corrected chi connectivity index (χ0v) is 30.4. The number of hydrogen-bond acceptors (Lipinski definition) is 10. The van der Waals surface area contributed by atoms with Crippen molar-refractivity contribution in [3.63, 3.8) is 0 Å². The molecule has 2 fully saturated rings. The highest BCUT2D eigenvalue weighted by Crippen LogP contribution is 2.56. The molecule has 0 aromatic heterocycles. The molecule has 1 saturated carbocycles. The molecule has 262 valence electrons. The largest absolute Gasteiger partial charge is 0.456 e. The van der Waals surface area contributed by atoms with Crippen molar-refractivity contribution in [3.8, 4) is 0 Å². The summed E-state index contributed by atoms with van der Waals surface area (Å²) in [6.07, 6.45) is -4.89. The molecule has 0 spiro atoms. The molecule has 47 heavy (non-hydrogen) atoms. The van der Waals surface area contributed by atoms with Crippen molar-refractivity contribution in [2.75, 3.05) is 6.61 Å². The van der Waals surface area contributed by atoms with Crippen molar-refractivity contribution in [3.05, 3.63) is 47.0 Å². The maximum absolute atomic E-state index is 14.9. The minimum Gasteiger partial charge on any atom is -0.456 e. The summed E-state index contributed by atoms with van der Waals surface area (Å²) < 4.78 is 24.5. The van der Waals surface area contributed by atoms with Gasteiger partial charge in [-0.2, -0.15) is 0 Å². The number of aliphatic hydroxyl groups is 3. The van der Waals surface area contributed by atoms with E-state index in [0.29, 0.717) is 17.6 Å². The van der Waals surface area contributed by atoms with Gasteiger partial charge in [0.25, 0.3) is 0 Å².